The Morgan fingerprint density at radius 2 is 2.08 bits per heavy atom. The molecule has 0 spiro atoms. The first-order valence-electron chi connectivity index (χ1n) is 8.30. The van der Waals surface area contributed by atoms with E-state index >= 15 is 0 Å². The molecule has 2 amide bonds. The number of amides is 2. The molecule has 26 heavy (non-hydrogen) atoms. The zero-order valence-corrected chi connectivity index (χ0v) is 16.1. The van der Waals surface area contributed by atoms with Crippen molar-refractivity contribution in [3.8, 4) is 0 Å². The van der Waals surface area contributed by atoms with E-state index in [4.69, 9.17) is 12.2 Å². The molecule has 0 unspecified atom stereocenters. The second kappa shape index (κ2) is 10.5. The van der Waals surface area contributed by atoms with Gasteiger partial charge in [-0.2, -0.15) is 0 Å². The molecular formula is C19H21N3O2S2. The van der Waals surface area contributed by atoms with Crippen LogP contribution in [-0.2, 0) is 4.79 Å². The number of carbonyl (C=O) groups is 2. The van der Waals surface area contributed by atoms with Crippen LogP contribution in [0.2, 0.25) is 0 Å². The molecule has 1 heterocycles. The normalized spacial score (nSPS) is 10.5. The molecule has 0 saturated carbocycles. The SMILES string of the molecule is CCCCNC(=O)c1cccc(NC(=S)NC(=O)/C=C/c2cccs2)c1. The number of carbonyl (C=O) groups excluding carboxylic acids is 2. The van der Waals surface area contributed by atoms with Crippen molar-refractivity contribution in [2.24, 2.45) is 0 Å². The number of hydrogen-bond acceptors (Lipinski definition) is 4. The number of thiocarbonyl (C=S) groups is 1. The average molecular weight is 388 g/mol. The van der Waals surface area contributed by atoms with Crippen molar-refractivity contribution in [1.82, 2.24) is 10.6 Å². The van der Waals surface area contributed by atoms with E-state index in [2.05, 4.69) is 22.9 Å². The molecule has 0 radical (unpaired) electrons. The van der Waals surface area contributed by atoms with Crippen molar-refractivity contribution in [2.75, 3.05) is 11.9 Å². The predicted octanol–water partition coefficient (Wildman–Crippen LogP) is 3.80. The van der Waals surface area contributed by atoms with Crippen molar-refractivity contribution in [1.29, 1.82) is 0 Å². The Morgan fingerprint density at radius 3 is 2.81 bits per heavy atom. The average Bonchev–Trinajstić information content (AvgIpc) is 3.14. The van der Waals surface area contributed by atoms with Gasteiger partial charge in [0, 0.05) is 28.7 Å². The molecule has 2 rings (SSSR count). The van der Waals surface area contributed by atoms with Crippen LogP contribution < -0.4 is 16.0 Å². The van der Waals surface area contributed by atoms with Gasteiger partial charge in [0.15, 0.2) is 5.11 Å². The lowest BCUT2D eigenvalue weighted by Crippen LogP contribution is -2.33. The molecule has 3 N–H and O–H groups in total. The Morgan fingerprint density at radius 1 is 1.23 bits per heavy atom. The molecule has 7 heteroatoms. The van der Waals surface area contributed by atoms with Crippen LogP contribution in [0.1, 0.15) is 35.0 Å². The Balaban J connectivity index is 1.87. The summed E-state index contributed by atoms with van der Waals surface area (Å²) in [4.78, 5) is 24.9. The molecule has 0 fully saturated rings. The van der Waals surface area contributed by atoms with Crippen LogP contribution in [-0.4, -0.2) is 23.5 Å². The zero-order valence-electron chi connectivity index (χ0n) is 14.5. The monoisotopic (exact) mass is 387 g/mol. The van der Waals surface area contributed by atoms with Crippen molar-refractivity contribution in [2.45, 2.75) is 19.8 Å². The molecule has 0 aliphatic carbocycles. The minimum absolute atomic E-state index is 0.129. The Bertz CT molecular complexity index is 786. The van der Waals surface area contributed by atoms with E-state index in [0.29, 0.717) is 17.8 Å². The summed E-state index contributed by atoms with van der Waals surface area (Å²) in [6.07, 6.45) is 5.12. The number of hydrogen-bond donors (Lipinski definition) is 3. The topological polar surface area (TPSA) is 70.2 Å². The van der Waals surface area contributed by atoms with E-state index in [9.17, 15) is 9.59 Å². The van der Waals surface area contributed by atoms with Gasteiger partial charge in [-0.25, -0.2) is 0 Å². The third kappa shape index (κ3) is 6.78. The lowest BCUT2D eigenvalue weighted by atomic mass is 10.2. The maximum absolute atomic E-state index is 12.1. The summed E-state index contributed by atoms with van der Waals surface area (Å²) in [6, 6.07) is 10.8. The first kappa shape index (κ1) is 19.8. The highest BCUT2D eigenvalue weighted by molar-refractivity contribution is 7.80. The number of nitrogens with one attached hydrogen (secondary N) is 3. The number of unbranched alkanes of at least 4 members (excludes halogenated alkanes) is 1. The summed E-state index contributed by atoms with van der Waals surface area (Å²) in [5.41, 5.74) is 1.18. The highest BCUT2D eigenvalue weighted by Gasteiger charge is 2.07. The van der Waals surface area contributed by atoms with E-state index in [1.54, 1.807) is 41.7 Å². The van der Waals surface area contributed by atoms with Gasteiger partial charge in [-0.1, -0.05) is 25.5 Å². The van der Waals surface area contributed by atoms with Gasteiger partial charge >= 0.3 is 0 Å². The zero-order chi connectivity index (χ0) is 18.8. The minimum atomic E-state index is -0.315. The smallest absolute Gasteiger partial charge is 0.251 e. The third-order valence-corrected chi connectivity index (χ3v) is 4.42. The molecule has 0 aliphatic rings. The van der Waals surface area contributed by atoms with E-state index in [0.717, 1.165) is 17.7 Å². The van der Waals surface area contributed by atoms with Crippen molar-refractivity contribution >= 4 is 52.2 Å². The summed E-state index contributed by atoms with van der Waals surface area (Å²) >= 11 is 6.69. The van der Waals surface area contributed by atoms with Gasteiger partial charge < -0.3 is 10.6 Å². The highest BCUT2D eigenvalue weighted by Crippen LogP contribution is 2.11. The number of anilines is 1. The van der Waals surface area contributed by atoms with E-state index < -0.39 is 0 Å². The molecular weight excluding hydrogens is 366 g/mol. The van der Waals surface area contributed by atoms with E-state index in [1.165, 1.54) is 6.08 Å². The molecule has 1 aromatic heterocycles. The van der Waals surface area contributed by atoms with Gasteiger partial charge in [-0.05, 0) is 54.4 Å². The molecule has 5 nitrogen and oxygen atoms in total. The van der Waals surface area contributed by atoms with Gasteiger partial charge in [0.25, 0.3) is 5.91 Å². The third-order valence-electron chi connectivity index (χ3n) is 3.38. The summed E-state index contributed by atoms with van der Waals surface area (Å²) in [7, 11) is 0. The Hall–Kier alpha value is -2.51. The molecule has 0 saturated heterocycles. The Labute approximate surface area is 162 Å². The Kier molecular flexibility index (Phi) is 7.98. The lowest BCUT2D eigenvalue weighted by Gasteiger charge is -2.10. The second-order valence-electron chi connectivity index (χ2n) is 5.48. The van der Waals surface area contributed by atoms with Crippen LogP contribution in [0.15, 0.2) is 47.9 Å². The summed E-state index contributed by atoms with van der Waals surface area (Å²) in [5.74, 6) is -0.444. The molecule has 0 aliphatic heterocycles. The maximum atomic E-state index is 12.1. The van der Waals surface area contributed by atoms with Crippen LogP contribution in [0, 0.1) is 0 Å². The van der Waals surface area contributed by atoms with Crippen molar-refractivity contribution in [3.63, 3.8) is 0 Å². The molecule has 0 atom stereocenters. The maximum Gasteiger partial charge on any atom is 0.251 e. The van der Waals surface area contributed by atoms with Crippen LogP contribution in [0.4, 0.5) is 5.69 Å². The molecule has 0 bridgehead atoms. The van der Waals surface area contributed by atoms with Gasteiger partial charge in [-0.3, -0.25) is 14.9 Å². The van der Waals surface area contributed by atoms with Crippen molar-refractivity contribution < 1.29 is 9.59 Å². The van der Waals surface area contributed by atoms with E-state index in [-0.39, 0.29) is 16.9 Å². The first-order chi connectivity index (χ1) is 12.6. The number of benzene rings is 1. The van der Waals surface area contributed by atoms with Crippen LogP contribution in [0.3, 0.4) is 0 Å². The van der Waals surface area contributed by atoms with Gasteiger partial charge in [0.2, 0.25) is 5.91 Å². The van der Waals surface area contributed by atoms with Crippen molar-refractivity contribution in [3.05, 3.63) is 58.3 Å². The second-order valence-corrected chi connectivity index (χ2v) is 6.87. The first-order valence-corrected chi connectivity index (χ1v) is 9.59. The fourth-order valence-electron chi connectivity index (χ4n) is 2.08. The summed E-state index contributed by atoms with van der Waals surface area (Å²) < 4.78 is 0. The van der Waals surface area contributed by atoms with Crippen LogP contribution >= 0.6 is 23.6 Å². The van der Waals surface area contributed by atoms with E-state index in [1.807, 2.05) is 17.5 Å². The fraction of sp³-hybridized carbons (Fsp3) is 0.211. The molecule has 2 aromatic rings. The fourth-order valence-corrected chi connectivity index (χ4v) is 2.92. The van der Waals surface area contributed by atoms with Gasteiger partial charge in [0.1, 0.15) is 0 Å². The highest BCUT2D eigenvalue weighted by atomic mass is 32.1. The number of thiophene rings is 1. The quantitative estimate of drug-likeness (QED) is 0.384. The molecule has 136 valence electrons. The number of rotatable bonds is 7. The molecule has 1 aromatic carbocycles. The summed E-state index contributed by atoms with van der Waals surface area (Å²) in [5, 5.41) is 10.5. The lowest BCUT2D eigenvalue weighted by molar-refractivity contribution is -0.115. The van der Waals surface area contributed by atoms with Gasteiger partial charge in [0.05, 0.1) is 0 Å². The van der Waals surface area contributed by atoms with Gasteiger partial charge in [-0.15, -0.1) is 11.3 Å². The summed E-state index contributed by atoms with van der Waals surface area (Å²) in [6.45, 7) is 2.72. The van der Waals surface area contributed by atoms with Crippen LogP contribution in [0.5, 0.6) is 0 Å². The van der Waals surface area contributed by atoms with Crippen LogP contribution in [0.25, 0.3) is 6.08 Å². The standard InChI is InChI=1S/C19H21N3O2S2/c1-2-3-11-20-18(24)14-6-4-7-15(13-14)21-19(25)22-17(23)10-9-16-8-5-12-26-16/h4-10,12-13H,2-3,11H2,1H3,(H,20,24)(H2,21,22,23,25)/b10-9+. The predicted molar refractivity (Wildman–Crippen MR) is 111 cm³/mol. The largest absolute Gasteiger partial charge is 0.352 e. The minimum Gasteiger partial charge on any atom is -0.352 e.